The summed E-state index contributed by atoms with van der Waals surface area (Å²) in [5.74, 6) is -1.11. The van der Waals surface area contributed by atoms with Crippen LogP contribution in [0.3, 0.4) is 0 Å². The summed E-state index contributed by atoms with van der Waals surface area (Å²) in [7, 11) is 0. The monoisotopic (exact) mass is 281 g/mol. The van der Waals surface area contributed by atoms with E-state index in [0.717, 1.165) is 6.07 Å². The summed E-state index contributed by atoms with van der Waals surface area (Å²) >= 11 is 0. The van der Waals surface area contributed by atoms with Crippen molar-refractivity contribution in [1.29, 1.82) is 5.26 Å². The first-order valence-corrected chi connectivity index (χ1v) is 4.92. The Morgan fingerprint density at radius 2 is 2.05 bits per heavy atom. The second-order valence-corrected chi connectivity index (χ2v) is 3.37. The Hall–Kier alpha value is -1.95. The van der Waals surface area contributed by atoms with E-state index in [0.29, 0.717) is 0 Å². The number of ether oxygens (including phenoxy) is 1. The standard InChI is InChI=1S/C10H8F5N3O/c11-9(12)8-7(19-10(13,14)15)3-5(4-17)6(18-8)1-2-16/h3,9H,1,4,17H2. The van der Waals surface area contributed by atoms with Crippen LogP contribution >= 0.6 is 0 Å². The summed E-state index contributed by atoms with van der Waals surface area (Å²) in [6, 6.07) is 2.40. The van der Waals surface area contributed by atoms with Gasteiger partial charge in [0.25, 0.3) is 6.43 Å². The van der Waals surface area contributed by atoms with Crippen LogP contribution in [0.4, 0.5) is 22.0 Å². The number of nitriles is 1. The van der Waals surface area contributed by atoms with Crippen LogP contribution in [0.25, 0.3) is 0 Å². The van der Waals surface area contributed by atoms with Gasteiger partial charge in [0.1, 0.15) is 5.69 Å². The molecule has 0 aliphatic carbocycles. The molecule has 0 spiro atoms. The molecule has 0 saturated carbocycles. The zero-order chi connectivity index (χ0) is 14.6. The normalized spacial score (nSPS) is 11.5. The summed E-state index contributed by atoms with van der Waals surface area (Å²) in [6.45, 7) is -0.248. The van der Waals surface area contributed by atoms with Gasteiger partial charge in [-0.1, -0.05) is 0 Å². The second-order valence-electron chi connectivity index (χ2n) is 3.37. The Kier molecular flexibility index (Phi) is 4.61. The van der Waals surface area contributed by atoms with Crippen LogP contribution in [0.15, 0.2) is 6.07 Å². The lowest BCUT2D eigenvalue weighted by Crippen LogP contribution is -2.20. The summed E-state index contributed by atoms with van der Waals surface area (Å²) in [4.78, 5) is 3.34. The quantitative estimate of drug-likeness (QED) is 0.860. The molecule has 0 amide bonds. The van der Waals surface area contributed by atoms with E-state index in [9.17, 15) is 22.0 Å². The maximum atomic E-state index is 12.6. The van der Waals surface area contributed by atoms with Crippen molar-refractivity contribution in [2.24, 2.45) is 5.73 Å². The molecule has 0 fully saturated rings. The number of aromatic nitrogens is 1. The average Bonchev–Trinajstić information content (AvgIpc) is 2.28. The molecule has 0 atom stereocenters. The predicted molar refractivity (Wildman–Crippen MR) is 53.1 cm³/mol. The van der Waals surface area contributed by atoms with Gasteiger partial charge < -0.3 is 10.5 Å². The molecular formula is C10H8F5N3O. The van der Waals surface area contributed by atoms with Gasteiger partial charge in [-0.2, -0.15) is 5.26 Å². The van der Waals surface area contributed by atoms with Gasteiger partial charge in [0.15, 0.2) is 5.75 Å². The van der Waals surface area contributed by atoms with Crippen LogP contribution in [-0.2, 0) is 13.0 Å². The van der Waals surface area contributed by atoms with Gasteiger partial charge in [-0.3, -0.25) is 0 Å². The number of hydrogen-bond acceptors (Lipinski definition) is 4. The molecule has 1 aromatic heterocycles. The van der Waals surface area contributed by atoms with Crippen molar-refractivity contribution in [3.05, 3.63) is 23.0 Å². The summed E-state index contributed by atoms with van der Waals surface area (Å²) in [5, 5.41) is 8.50. The molecule has 0 bridgehead atoms. The molecule has 0 saturated heterocycles. The fraction of sp³-hybridized carbons (Fsp3) is 0.400. The number of alkyl halides is 5. The lowest BCUT2D eigenvalue weighted by atomic mass is 10.1. The lowest BCUT2D eigenvalue weighted by molar-refractivity contribution is -0.275. The Labute approximate surface area is 104 Å². The van der Waals surface area contributed by atoms with E-state index in [1.165, 1.54) is 0 Å². The number of halogens is 5. The van der Waals surface area contributed by atoms with E-state index in [-0.39, 0.29) is 24.2 Å². The van der Waals surface area contributed by atoms with Crippen molar-refractivity contribution in [2.45, 2.75) is 25.8 Å². The third-order valence-corrected chi connectivity index (χ3v) is 2.08. The largest absolute Gasteiger partial charge is 0.573 e. The van der Waals surface area contributed by atoms with Crippen molar-refractivity contribution in [2.75, 3.05) is 0 Å². The highest BCUT2D eigenvalue weighted by Crippen LogP contribution is 2.33. The molecule has 4 nitrogen and oxygen atoms in total. The smallest absolute Gasteiger partial charge is 0.404 e. The Morgan fingerprint density at radius 3 is 2.47 bits per heavy atom. The highest BCUT2D eigenvalue weighted by molar-refractivity contribution is 5.37. The van der Waals surface area contributed by atoms with Gasteiger partial charge >= 0.3 is 6.36 Å². The van der Waals surface area contributed by atoms with Crippen molar-refractivity contribution < 1.29 is 26.7 Å². The molecule has 0 radical (unpaired) electrons. The fourth-order valence-corrected chi connectivity index (χ4v) is 1.36. The summed E-state index contributed by atoms with van der Waals surface area (Å²) in [6.07, 6.45) is -8.71. The molecule has 104 valence electrons. The Balaban J connectivity index is 3.32. The third kappa shape index (κ3) is 4.03. The predicted octanol–water partition coefficient (Wildman–Crippen LogP) is 2.44. The number of pyridine rings is 1. The zero-order valence-corrected chi connectivity index (χ0v) is 9.34. The molecule has 0 unspecified atom stereocenters. The van der Waals surface area contributed by atoms with Crippen LogP contribution < -0.4 is 10.5 Å². The van der Waals surface area contributed by atoms with Crippen LogP contribution in [-0.4, -0.2) is 11.3 Å². The maximum absolute atomic E-state index is 12.6. The van der Waals surface area contributed by atoms with E-state index >= 15 is 0 Å². The van der Waals surface area contributed by atoms with E-state index in [1.54, 1.807) is 6.07 Å². The summed E-state index contributed by atoms with van der Waals surface area (Å²) in [5.41, 5.74) is 4.06. The van der Waals surface area contributed by atoms with Gasteiger partial charge in [-0.05, 0) is 11.6 Å². The number of hydrogen-bond donors (Lipinski definition) is 1. The highest BCUT2D eigenvalue weighted by Gasteiger charge is 2.34. The van der Waals surface area contributed by atoms with Crippen LogP contribution in [0.5, 0.6) is 5.75 Å². The SMILES string of the molecule is N#CCc1nc(C(F)F)c(OC(F)(F)F)cc1CN. The van der Waals surface area contributed by atoms with E-state index < -0.39 is 24.2 Å². The third-order valence-electron chi connectivity index (χ3n) is 2.08. The highest BCUT2D eigenvalue weighted by atomic mass is 19.4. The molecular weight excluding hydrogens is 273 g/mol. The van der Waals surface area contributed by atoms with Crippen molar-refractivity contribution in [1.82, 2.24) is 4.98 Å². The van der Waals surface area contributed by atoms with E-state index in [2.05, 4.69) is 9.72 Å². The average molecular weight is 281 g/mol. The molecule has 0 aliphatic rings. The molecule has 1 heterocycles. The maximum Gasteiger partial charge on any atom is 0.573 e. The van der Waals surface area contributed by atoms with E-state index in [4.69, 9.17) is 11.0 Å². The van der Waals surface area contributed by atoms with Gasteiger partial charge in [-0.15, -0.1) is 13.2 Å². The Morgan fingerprint density at radius 1 is 1.42 bits per heavy atom. The summed E-state index contributed by atoms with van der Waals surface area (Å²) < 4.78 is 65.0. The topological polar surface area (TPSA) is 71.9 Å². The molecule has 1 aromatic rings. The first-order chi connectivity index (χ1) is 8.78. The molecule has 9 heteroatoms. The first-order valence-electron chi connectivity index (χ1n) is 4.92. The van der Waals surface area contributed by atoms with Crippen molar-refractivity contribution in [3.63, 3.8) is 0 Å². The van der Waals surface area contributed by atoms with Crippen molar-refractivity contribution in [3.8, 4) is 11.8 Å². The minimum atomic E-state index is -5.12. The molecule has 0 aromatic carbocycles. The minimum absolute atomic E-state index is 0.0465. The number of nitrogens with two attached hydrogens (primary N) is 1. The van der Waals surface area contributed by atoms with E-state index in [1.807, 2.05) is 0 Å². The first kappa shape index (κ1) is 15.1. The molecule has 0 aliphatic heterocycles. The number of nitrogens with zero attached hydrogens (tertiary/aromatic N) is 2. The second kappa shape index (κ2) is 5.79. The molecule has 19 heavy (non-hydrogen) atoms. The van der Waals surface area contributed by atoms with Crippen LogP contribution in [0.1, 0.15) is 23.4 Å². The fourth-order valence-electron chi connectivity index (χ4n) is 1.36. The zero-order valence-electron chi connectivity index (χ0n) is 9.34. The van der Waals surface area contributed by atoms with Gasteiger partial charge in [0.05, 0.1) is 18.2 Å². The van der Waals surface area contributed by atoms with Crippen molar-refractivity contribution >= 4 is 0 Å². The van der Waals surface area contributed by atoms with Gasteiger partial charge in [0, 0.05) is 6.54 Å². The van der Waals surface area contributed by atoms with Gasteiger partial charge in [-0.25, -0.2) is 13.8 Å². The minimum Gasteiger partial charge on any atom is -0.404 e. The lowest BCUT2D eigenvalue weighted by Gasteiger charge is -2.15. The Bertz CT molecular complexity index is 495. The van der Waals surface area contributed by atoms with Gasteiger partial charge in [0.2, 0.25) is 0 Å². The molecule has 2 N–H and O–H groups in total. The van der Waals surface area contributed by atoms with Crippen LogP contribution in [0, 0.1) is 11.3 Å². The van der Waals surface area contributed by atoms with Crippen LogP contribution in [0.2, 0.25) is 0 Å². The number of rotatable bonds is 4. The molecule has 1 rings (SSSR count).